The van der Waals surface area contributed by atoms with Crippen LogP contribution in [0.5, 0.6) is 0 Å². The molecule has 0 radical (unpaired) electrons. The van der Waals surface area contributed by atoms with Crippen LogP contribution in [0.4, 0.5) is 5.69 Å². The van der Waals surface area contributed by atoms with Crippen molar-refractivity contribution in [1.29, 1.82) is 0 Å². The number of fused-ring (bicyclic) bond motifs is 1. The van der Waals surface area contributed by atoms with Gasteiger partial charge in [-0.3, -0.25) is 9.59 Å². The predicted octanol–water partition coefficient (Wildman–Crippen LogP) is 7.48. The van der Waals surface area contributed by atoms with Gasteiger partial charge in [-0.1, -0.05) is 83.2 Å². The summed E-state index contributed by atoms with van der Waals surface area (Å²) in [5, 5.41) is 20.0. The Labute approximate surface area is 231 Å². The van der Waals surface area contributed by atoms with E-state index in [2.05, 4.69) is 70.4 Å². The van der Waals surface area contributed by atoms with Crippen molar-refractivity contribution in [3.63, 3.8) is 0 Å². The summed E-state index contributed by atoms with van der Waals surface area (Å²) in [6.45, 7) is 15.4. The molecule has 204 valence electrons. The third-order valence-corrected chi connectivity index (χ3v) is 8.29. The van der Waals surface area contributed by atoms with Crippen molar-refractivity contribution in [1.82, 2.24) is 0 Å². The first kappa shape index (κ1) is 28.2. The topological polar surface area (TPSA) is 77.8 Å². The lowest BCUT2D eigenvalue weighted by molar-refractivity contribution is -0.137. The highest BCUT2D eigenvalue weighted by atomic mass is 16.4. The quantitative estimate of drug-likeness (QED) is 0.248. The van der Waals surface area contributed by atoms with Crippen molar-refractivity contribution in [2.45, 2.75) is 71.1 Å². The number of unbranched alkanes of at least 4 members (excludes halogenated alkanes) is 2. The molecule has 0 fully saturated rings. The highest BCUT2D eigenvalue weighted by Crippen LogP contribution is 2.49. The smallest absolute Gasteiger partial charge is 0.303 e. The highest BCUT2D eigenvalue weighted by Gasteiger charge is 2.42. The third kappa shape index (κ3) is 5.23. The number of rotatable bonds is 10. The highest BCUT2D eigenvalue weighted by molar-refractivity contribution is 6.21. The Hall–Kier alpha value is -3.86. The fourth-order valence-electron chi connectivity index (χ4n) is 5.71. The number of para-hydroxylation sites is 1. The first-order chi connectivity index (χ1) is 18.4. The number of aliphatic carboxylic acids is 1. The van der Waals surface area contributed by atoms with Gasteiger partial charge in [0.25, 0.3) is 0 Å². The number of aryl methyl sites for hydroxylation is 1. The van der Waals surface area contributed by atoms with Crippen LogP contribution in [0, 0.1) is 6.92 Å². The maximum atomic E-state index is 13.3. The number of nitrogens with zero attached hydrogens (tertiary/aromatic N) is 1. The summed E-state index contributed by atoms with van der Waals surface area (Å²) in [6.07, 6.45) is 5.99. The number of aliphatic hydroxyl groups excluding tert-OH is 1. The lowest BCUT2D eigenvalue weighted by atomic mass is 9.74. The van der Waals surface area contributed by atoms with E-state index in [9.17, 15) is 14.7 Å². The Morgan fingerprint density at radius 2 is 1.72 bits per heavy atom. The van der Waals surface area contributed by atoms with Crippen LogP contribution < -0.4 is 4.90 Å². The Morgan fingerprint density at radius 3 is 2.38 bits per heavy atom. The number of carboxylic acid groups (broad SMARTS) is 1. The molecule has 0 unspecified atom stereocenters. The molecule has 2 N–H and O–H groups in total. The number of hydrogen-bond donors (Lipinski definition) is 2. The zero-order valence-electron chi connectivity index (χ0n) is 23.7. The van der Waals surface area contributed by atoms with E-state index < -0.39 is 11.4 Å². The second kappa shape index (κ2) is 10.7. The number of ketones is 1. The molecule has 0 bridgehead atoms. The third-order valence-electron chi connectivity index (χ3n) is 8.29. The first-order valence-corrected chi connectivity index (χ1v) is 13.6. The number of allylic oxidation sites excluding steroid dienone is 6. The lowest BCUT2D eigenvalue weighted by Gasteiger charge is -2.31. The molecule has 0 amide bonds. The van der Waals surface area contributed by atoms with Crippen LogP contribution in [0.3, 0.4) is 0 Å². The van der Waals surface area contributed by atoms with Gasteiger partial charge in [0.1, 0.15) is 5.76 Å². The van der Waals surface area contributed by atoms with Crippen molar-refractivity contribution in [3.8, 4) is 0 Å². The standard InChI is InChI=1S/C34H39NO4/c1-22-14-9-10-15-26(22)33(3,4)23(2)20-24-31(38)25(32(24)39)21-29-34(5,6)27-16-11-12-17-28(27)35(29)19-13-7-8-18-30(36)37/h9-12,14-17,20-21,38H,2,7-8,13,18-19H2,1,3-6H3,(H,36,37)/b24-20-,29-21-. The number of carboxylic acids is 1. The molecule has 0 saturated heterocycles. The van der Waals surface area contributed by atoms with Gasteiger partial charge >= 0.3 is 5.97 Å². The molecule has 5 nitrogen and oxygen atoms in total. The summed E-state index contributed by atoms with van der Waals surface area (Å²) in [4.78, 5) is 26.4. The van der Waals surface area contributed by atoms with Gasteiger partial charge in [0.2, 0.25) is 5.78 Å². The first-order valence-electron chi connectivity index (χ1n) is 13.6. The van der Waals surface area contributed by atoms with Gasteiger partial charge in [-0.15, -0.1) is 0 Å². The molecule has 5 heteroatoms. The monoisotopic (exact) mass is 525 g/mol. The molecular formula is C34H39NO4. The summed E-state index contributed by atoms with van der Waals surface area (Å²) < 4.78 is 0. The average molecular weight is 526 g/mol. The van der Waals surface area contributed by atoms with Crippen LogP contribution in [0.25, 0.3) is 0 Å². The molecule has 0 spiro atoms. The maximum absolute atomic E-state index is 13.3. The van der Waals surface area contributed by atoms with Gasteiger partial charge in [-0.05, 0) is 60.2 Å². The minimum Gasteiger partial charge on any atom is -0.506 e. The Morgan fingerprint density at radius 1 is 1.05 bits per heavy atom. The largest absolute Gasteiger partial charge is 0.506 e. The van der Waals surface area contributed by atoms with Crippen LogP contribution in [0.15, 0.2) is 95.4 Å². The lowest BCUT2D eigenvalue weighted by Crippen LogP contribution is -2.30. The molecule has 1 aliphatic carbocycles. The fraction of sp³-hybridized carbons (Fsp3) is 0.353. The molecule has 2 aromatic carbocycles. The predicted molar refractivity (Wildman–Crippen MR) is 157 cm³/mol. The van der Waals surface area contributed by atoms with Gasteiger partial charge < -0.3 is 15.1 Å². The molecule has 1 aliphatic heterocycles. The number of aliphatic hydroxyl groups is 1. The van der Waals surface area contributed by atoms with E-state index in [0.717, 1.165) is 46.5 Å². The van der Waals surface area contributed by atoms with Crippen molar-refractivity contribution in [2.75, 3.05) is 11.4 Å². The summed E-state index contributed by atoms with van der Waals surface area (Å²) in [7, 11) is 0. The number of anilines is 1. The van der Waals surface area contributed by atoms with E-state index in [-0.39, 0.29) is 23.4 Å². The van der Waals surface area contributed by atoms with Crippen LogP contribution in [0.1, 0.15) is 70.1 Å². The summed E-state index contributed by atoms with van der Waals surface area (Å²) in [5.74, 6) is -0.958. The Kier molecular flexibility index (Phi) is 7.74. The van der Waals surface area contributed by atoms with E-state index in [1.807, 2.05) is 30.3 Å². The van der Waals surface area contributed by atoms with Crippen molar-refractivity contribution in [3.05, 3.63) is 112 Å². The number of Topliss-reactive ketones (excluding diaryl/α,β-unsaturated/α-hetero) is 1. The molecule has 0 aromatic heterocycles. The minimum absolute atomic E-state index is 0.00222. The molecule has 0 atom stereocenters. The van der Waals surface area contributed by atoms with Crippen molar-refractivity contribution < 1.29 is 19.8 Å². The molecule has 2 aromatic rings. The number of benzene rings is 2. The minimum atomic E-state index is -0.775. The van der Waals surface area contributed by atoms with Crippen LogP contribution in [-0.2, 0) is 20.4 Å². The number of carbonyl (C=O) groups is 2. The van der Waals surface area contributed by atoms with Gasteiger partial charge in [0, 0.05) is 35.2 Å². The number of carbonyl (C=O) groups excluding carboxylic acids is 1. The average Bonchev–Trinajstić information content (AvgIpc) is 3.10. The summed E-state index contributed by atoms with van der Waals surface area (Å²) in [6, 6.07) is 16.3. The van der Waals surface area contributed by atoms with E-state index in [1.165, 1.54) is 0 Å². The van der Waals surface area contributed by atoms with E-state index in [4.69, 9.17) is 5.11 Å². The zero-order valence-corrected chi connectivity index (χ0v) is 23.7. The van der Waals surface area contributed by atoms with E-state index in [0.29, 0.717) is 24.1 Å². The SMILES string of the molecule is C=C(/C=C1\C(=O)C(/C=C2\N(CCCCCC(=O)O)c3ccccc3C2(C)C)=C1O)C(C)(C)c1ccccc1C. The van der Waals surface area contributed by atoms with Gasteiger partial charge in [0.05, 0.1) is 11.1 Å². The second-order valence-electron chi connectivity index (χ2n) is 11.6. The fourth-order valence-corrected chi connectivity index (χ4v) is 5.71. The van der Waals surface area contributed by atoms with Crippen LogP contribution >= 0.6 is 0 Å². The van der Waals surface area contributed by atoms with Gasteiger partial charge in [0.15, 0.2) is 0 Å². The summed E-state index contributed by atoms with van der Waals surface area (Å²) >= 11 is 0. The molecular weight excluding hydrogens is 486 g/mol. The summed E-state index contributed by atoms with van der Waals surface area (Å²) in [5.41, 5.74) is 6.09. The molecule has 1 heterocycles. The second-order valence-corrected chi connectivity index (χ2v) is 11.6. The normalized spacial score (nSPS) is 18.5. The van der Waals surface area contributed by atoms with Crippen molar-refractivity contribution in [2.24, 2.45) is 0 Å². The van der Waals surface area contributed by atoms with E-state index >= 15 is 0 Å². The molecule has 4 rings (SSSR count). The van der Waals surface area contributed by atoms with E-state index in [1.54, 1.807) is 6.08 Å². The Balaban J connectivity index is 1.63. The van der Waals surface area contributed by atoms with Gasteiger partial charge in [-0.25, -0.2) is 0 Å². The van der Waals surface area contributed by atoms with Crippen LogP contribution in [0.2, 0.25) is 0 Å². The zero-order chi connectivity index (χ0) is 28.5. The van der Waals surface area contributed by atoms with Crippen molar-refractivity contribution >= 4 is 17.4 Å². The Bertz CT molecular complexity index is 1420. The molecule has 2 aliphatic rings. The number of hydrogen-bond acceptors (Lipinski definition) is 4. The molecule has 39 heavy (non-hydrogen) atoms. The van der Waals surface area contributed by atoms with Crippen LogP contribution in [-0.4, -0.2) is 28.5 Å². The van der Waals surface area contributed by atoms with Gasteiger partial charge in [-0.2, -0.15) is 0 Å². The molecule has 0 saturated carbocycles. The maximum Gasteiger partial charge on any atom is 0.303 e.